The van der Waals surface area contributed by atoms with Gasteiger partial charge in [0.1, 0.15) is 22.3 Å². The predicted molar refractivity (Wildman–Crippen MR) is 287 cm³/mol. The molecule has 1 atom stereocenters. The van der Waals surface area contributed by atoms with Crippen LogP contribution < -0.4 is 0 Å². The van der Waals surface area contributed by atoms with Gasteiger partial charge in [-0.05, 0) is 157 Å². The monoisotopic (exact) mass is 890 g/mol. The van der Waals surface area contributed by atoms with Crippen molar-refractivity contribution in [3.05, 3.63) is 225 Å². The van der Waals surface area contributed by atoms with E-state index in [1.54, 1.807) is 0 Å². The Labute approximate surface area is 404 Å². The minimum atomic E-state index is -0.203. The van der Waals surface area contributed by atoms with Crippen LogP contribution in [0.2, 0.25) is 0 Å². The predicted octanol–water partition coefficient (Wildman–Crippen LogP) is 17.9. The van der Waals surface area contributed by atoms with Crippen LogP contribution in [0.3, 0.4) is 0 Å². The molecule has 0 amide bonds. The van der Waals surface area contributed by atoms with Crippen LogP contribution in [-0.4, -0.2) is 0 Å². The number of benzene rings is 9. The van der Waals surface area contributed by atoms with E-state index in [0.29, 0.717) is 5.92 Å². The van der Waals surface area contributed by atoms with E-state index in [9.17, 15) is 0 Å². The standard InChI is InChI=1S/C67H54O2/c1-38-17-11-12-20-43(38)42(32-40-26-28-45-53(34-40)67(6,7)56-35-48(41-18-9-8-10-19-41)64-63(60(45)56)47-22-14-16-24-58(47)69-64)31-39-25-27-44-49-36-55-50(37-54(49)66(4,5)52(44)33-39)61-51(65(55,2)3)29-30-59-62(61)46-21-13-15-23-57(46)68-59/h8-30,33-37,42H,31-32H2,1-7H3. The van der Waals surface area contributed by atoms with Crippen LogP contribution in [0.25, 0.3) is 88.4 Å². The van der Waals surface area contributed by atoms with Crippen molar-refractivity contribution < 1.29 is 8.83 Å². The fourth-order valence-electron chi connectivity index (χ4n) is 13.5. The van der Waals surface area contributed by atoms with E-state index in [1.807, 2.05) is 0 Å². The molecule has 0 spiro atoms. The average Bonchev–Trinajstić information content (AvgIpc) is 4.10. The molecule has 2 nitrogen and oxygen atoms in total. The Morgan fingerprint density at radius 1 is 0.391 bits per heavy atom. The third kappa shape index (κ3) is 5.61. The molecular weight excluding hydrogens is 837 g/mol. The van der Waals surface area contributed by atoms with E-state index in [-0.39, 0.29) is 16.2 Å². The molecule has 14 rings (SSSR count). The summed E-state index contributed by atoms with van der Waals surface area (Å²) < 4.78 is 13.2. The largest absolute Gasteiger partial charge is 0.456 e. The fourth-order valence-corrected chi connectivity index (χ4v) is 13.5. The molecule has 2 heteroatoms. The first-order valence-electron chi connectivity index (χ1n) is 24.9. The van der Waals surface area contributed by atoms with Crippen molar-refractivity contribution in [2.45, 2.75) is 83.5 Å². The highest BCUT2D eigenvalue weighted by atomic mass is 16.3. The lowest BCUT2D eigenvalue weighted by Crippen LogP contribution is -2.17. The highest BCUT2D eigenvalue weighted by Crippen LogP contribution is 2.59. The Morgan fingerprint density at radius 2 is 0.928 bits per heavy atom. The van der Waals surface area contributed by atoms with Gasteiger partial charge in [-0.3, -0.25) is 0 Å². The van der Waals surface area contributed by atoms with Crippen LogP contribution >= 0.6 is 0 Å². The molecule has 0 saturated heterocycles. The zero-order valence-corrected chi connectivity index (χ0v) is 40.5. The first-order valence-corrected chi connectivity index (χ1v) is 24.9. The second kappa shape index (κ2) is 14.1. The van der Waals surface area contributed by atoms with Crippen molar-refractivity contribution in [1.82, 2.24) is 0 Å². The fraction of sp³-hybridized carbons (Fsp3) is 0.194. The molecular formula is C67H54O2. The third-order valence-corrected chi connectivity index (χ3v) is 17.1. The maximum atomic E-state index is 6.76. The molecule has 0 fully saturated rings. The molecule has 0 saturated carbocycles. The summed E-state index contributed by atoms with van der Waals surface area (Å²) in [5.74, 6) is 0.295. The van der Waals surface area contributed by atoms with Crippen molar-refractivity contribution in [3.63, 3.8) is 0 Å². The Hall–Kier alpha value is -7.42. The van der Waals surface area contributed by atoms with Gasteiger partial charge in [0.05, 0.1) is 0 Å². The Bertz CT molecular complexity index is 4000. The van der Waals surface area contributed by atoms with Gasteiger partial charge in [0.25, 0.3) is 0 Å². The van der Waals surface area contributed by atoms with Gasteiger partial charge in [0.15, 0.2) is 0 Å². The van der Waals surface area contributed by atoms with Crippen LogP contribution in [0.1, 0.15) is 103 Å². The number of hydrogen-bond donors (Lipinski definition) is 0. The van der Waals surface area contributed by atoms with E-state index in [0.717, 1.165) is 40.7 Å². The lowest BCUT2D eigenvalue weighted by molar-refractivity contribution is 0.644. The molecule has 3 aliphatic rings. The lowest BCUT2D eigenvalue weighted by Gasteiger charge is -2.25. The second-order valence-electron chi connectivity index (χ2n) is 22.0. The maximum Gasteiger partial charge on any atom is 0.143 e. The van der Waals surface area contributed by atoms with Crippen molar-refractivity contribution >= 4 is 43.9 Å². The Kier molecular flexibility index (Phi) is 8.29. The van der Waals surface area contributed by atoms with Crippen LogP contribution in [-0.2, 0) is 29.1 Å². The molecule has 2 heterocycles. The lowest BCUT2D eigenvalue weighted by atomic mass is 9.78. The van der Waals surface area contributed by atoms with Crippen LogP contribution in [0.5, 0.6) is 0 Å². The molecule has 0 bridgehead atoms. The normalized spacial score (nSPS) is 15.9. The molecule has 0 N–H and O–H groups in total. The molecule has 334 valence electrons. The first kappa shape index (κ1) is 40.6. The van der Waals surface area contributed by atoms with Crippen molar-refractivity contribution in [3.8, 4) is 44.5 Å². The molecule has 11 aromatic rings. The van der Waals surface area contributed by atoms with Crippen molar-refractivity contribution in [2.24, 2.45) is 0 Å². The third-order valence-electron chi connectivity index (χ3n) is 17.1. The van der Waals surface area contributed by atoms with E-state index in [1.165, 1.54) is 116 Å². The van der Waals surface area contributed by atoms with Gasteiger partial charge in [-0.1, -0.05) is 175 Å². The zero-order chi connectivity index (χ0) is 46.7. The van der Waals surface area contributed by atoms with Gasteiger partial charge in [0, 0.05) is 43.4 Å². The van der Waals surface area contributed by atoms with Crippen molar-refractivity contribution in [1.29, 1.82) is 0 Å². The summed E-state index contributed by atoms with van der Waals surface area (Å²) in [6, 6.07) is 63.7. The zero-order valence-electron chi connectivity index (χ0n) is 40.5. The van der Waals surface area contributed by atoms with Crippen LogP contribution in [0.4, 0.5) is 0 Å². The summed E-state index contributed by atoms with van der Waals surface area (Å²) in [6.45, 7) is 16.8. The van der Waals surface area contributed by atoms with E-state index < -0.39 is 0 Å². The molecule has 2 aromatic heterocycles. The molecule has 9 aromatic carbocycles. The first-order chi connectivity index (χ1) is 33.4. The van der Waals surface area contributed by atoms with Gasteiger partial charge in [-0.2, -0.15) is 0 Å². The van der Waals surface area contributed by atoms with Gasteiger partial charge in [-0.25, -0.2) is 0 Å². The summed E-state index contributed by atoms with van der Waals surface area (Å²) in [6.07, 6.45) is 1.90. The van der Waals surface area contributed by atoms with Gasteiger partial charge < -0.3 is 8.83 Å². The molecule has 0 aliphatic heterocycles. The molecule has 3 aliphatic carbocycles. The highest BCUT2D eigenvalue weighted by Gasteiger charge is 2.43. The Morgan fingerprint density at radius 3 is 1.67 bits per heavy atom. The van der Waals surface area contributed by atoms with Gasteiger partial charge >= 0.3 is 0 Å². The SMILES string of the molecule is Cc1ccccc1C(Cc1ccc2c(c1)C(C)(C)c1cc3c(cc1-2)C(C)(C)c1ccc2oc4ccccc4c2c1-3)Cc1ccc2c(c1)C(C)(C)c1cc(-c3ccccc3)c3oc4ccccc4c3c1-2. The molecule has 0 radical (unpaired) electrons. The summed E-state index contributed by atoms with van der Waals surface area (Å²) in [7, 11) is 0. The summed E-state index contributed by atoms with van der Waals surface area (Å²) in [5.41, 5.74) is 27.7. The van der Waals surface area contributed by atoms with E-state index in [4.69, 9.17) is 8.83 Å². The van der Waals surface area contributed by atoms with Crippen LogP contribution in [0.15, 0.2) is 179 Å². The highest BCUT2D eigenvalue weighted by molar-refractivity contribution is 6.19. The summed E-state index contributed by atoms with van der Waals surface area (Å²) in [4.78, 5) is 0. The second-order valence-corrected chi connectivity index (χ2v) is 22.0. The smallest absolute Gasteiger partial charge is 0.143 e. The summed E-state index contributed by atoms with van der Waals surface area (Å²) in [5, 5.41) is 4.84. The average molecular weight is 891 g/mol. The number of furan rings is 2. The minimum absolute atomic E-state index is 0.138. The number of para-hydroxylation sites is 2. The number of fused-ring (bicyclic) bond motifs is 17. The number of hydrogen-bond acceptors (Lipinski definition) is 2. The van der Waals surface area contributed by atoms with E-state index in [2.05, 4.69) is 218 Å². The number of aryl methyl sites for hydroxylation is 1. The summed E-state index contributed by atoms with van der Waals surface area (Å²) >= 11 is 0. The van der Waals surface area contributed by atoms with Gasteiger partial charge in [-0.15, -0.1) is 0 Å². The topological polar surface area (TPSA) is 26.3 Å². The quantitative estimate of drug-likeness (QED) is 0.166. The Balaban J connectivity index is 0.845. The minimum Gasteiger partial charge on any atom is -0.456 e. The number of rotatable bonds is 6. The molecule has 1 unspecified atom stereocenters. The molecule has 69 heavy (non-hydrogen) atoms. The van der Waals surface area contributed by atoms with E-state index >= 15 is 0 Å². The maximum absolute atomic E-state index is 6.76. The van der Waals surface area contributed by atoms with Gasteiger partial charge in [0.2, 0.25) is 0 Å². The van der Waals surface area contributed by atoms with Crippen molar-refractivity contribution in [2.75, 3.05) is 0 Å². The van der Waals surface area contributed by atoms with Crippen LogP contribution in [0, 0.1) is 6.92 Å².